The summed E-state index contributed by atoms with van der Waals surface area (Å²) in [4.78, 5) is 12.4. The molecule has 0 saturated carbocycles. The minimum atomic E-state index is -0.0597. The SMILES string of the molecule is CCOc1ccccc1OCc1cc(/C=C/C(=O)c2cccc(Br)c2)ccc1OC. The molecule has 0 aliphatic rings. The molecule has 0 spiro atoms. The van der Waals surface area contributed by atoms with Gasteiger partial charge >= 0.3 is 0 Å². The van der Waals surface area contributed by atoms with Crippen LogP contribution in [0.2, 0.25) is 0 Å². The maximum absolute atomic E-state index is 12.4. The summed E-state index contributed by atoms with van der Waals surface area (Å²) < 4.78 is 17.9. The molecule has 0 N–H and O–H groups in total. The van der Waals surface area contributed by atoms with E-state index >= 15 is 0 Å². The van der Waals surface area contributed by atoms with Gasteiger partial charge < -0.3 is 14.2 Å². The molecule has 3 rings (SSSR count). The van der Waals surface area contributed by atoms with E-state index in [9.17, 15) is 4.79 Å². The van der Waals surface area contributed by atoms with Gasteiger partial charge in [0.05, 0.1) is 13.7 Å². The molecular formula is C25H23BrO4. The third kappa shape index (κ3) is 5.74. The van der Waals surface area contributed by atoms with Crippen molar-refractivity contribution >= 4 is 27.8 Å². The second kappa shape index (κ2) is 10.6. The Morgan fingerprint density at radius 2 is 1.70 bits per heavy atom. The normalized spacial score (nSPS) is 10.8. The lowest BCUT2D eigenvalue weighted by atomic mass is 10.1. The van der Waals surface area contributed by atoms with E-state index in [1.807, 2.05) is 61.5 Å². The summed E-state index contributed by atoms with van der Waals surface area (Å²) in [5, 5.41) is 0. The summed E-state index contributed by atoms with van der Waals surface area (Å²) in [6.45, 7) is 2.82. The number of methoxy groups -OCH3 is 1. The maximum atomic E-state index is 12.4. The smallest absolute Gasteiger partial charge is 0.185 e. The second-order valence-electron chi connectivity index (χ2n) is 6.45. The summed E-state index contributed by atoms with van der Waals surface area (Å²) in [5.74, 6) is 2.04. The topological polar surface area (TPSA) is 44.8 Å². The van der Waals surface area contributed by atoms with Crippen LogP contribution in [0.5, 0.6) is 17.2 Å². The van der Waals surface area contributed by atoms with Crippen molar-refractivity contribution in [3.63, 3.8) is 0 Å². The summed E-state index contributed by atoms with van der Waals surface area (Å²) in [7, 11) is 1.62. The average Bonchev–Trinajstić information content (AvgIpc) is 2.77. The minimum Gasteiger partial charge on any atom is -0.496 e. The van der Waals surface area contributed by atoms with E-state index in [4.69, 9.17) is 14.2 Å². The van der Waals surface area contributed by atoms with Crippen molar-refractivity contribution < 1.29 is 19.0 Å². The Kier molecular flexibility index (Phi) is 7.69. The molecule has 0 aliphatic carbocycles. The summed E-state index contributed by atoms with van der Waals surface area (Å²) in [6, 6.07) is 20.6. The van der Waals surface area contributed by atoms with Gasteiger partial charge in [0.25, 0.3) is 0 Å². The number of carbonyl (C=O) groups excluding carboxylic acids is 1. The van der Waals surface area contributed by atoms with Gasteiger partial charge in [0.1, 0.15) is 12.4 Å². The molecule has 0 atom stereocenters. The lowest BCUT2D eigenvalue weighted by molar-refractivity contribution is 0.104. The van der Waals surface area contributed by atoms with Crippen molar-refractivity contribution in [1.82, 2.24) is 0 Å². The molecule has 4 nitrogen and oxygen atoms in total. The molecule has 0 amide bonds. The molecule has 0 bridgehead atoms. The summed E-state index contributed by atoms with van der Waals surface area (Å²) in [5.41, 5.74) is 2.39. The zero-order valence-electron chi connectivity index (χ0n) is 16.9. The van der Waals surface area contributed by atoms with E-state index in [1.165, 1.54) is 0 Å². The molecule has 0 radical (unpaired) electrons. The van der Waals surface area contributed by atoms with Crippen LogP contribution in [0.15, 0.2) is 77.3 Å². The van der Waals surface area contributed by atoms with Crippen molar-refractivity contribution in [1.29, 1.82) is 0 Å². The van der Waals surface area contributed by atoms with Crippen molar-refractivity contribution in [2.24, 2.45) is 0 Å². The van der Waals surface area contributed by atoms with Gasteiger partial charge in [-0.15, -0.1) is 0 Å². The van der Waals surface area contributed by atoms with E-state index < -0.39 is 0 Å². The minimum absolute atomic E-state index is 0.0597. The highest BCUT2D eigenvalue weighted by Gasteiger charge is 2.09. The fourth-order valence-corrected chi connectivity index (χ4v) is 3.32. The fraction of sp³-hybridized carbons (Fsp3) is 0.160. The van der Waals surface area contributed by atoms with Crippen LogP contribution in [0.1, 0.15) is 28.4 Å². The van der Waals surface area contributed by atoms with Crippen LogP contribution < -0.4 is 14.2 Å². The number of ketones is 1. The van der Waals surface area contributed by atoms with Crippen LogP contribution in [-0.2, 0) is 6.61 Å². The third-order valence-corrected chi connectivity index (χ3v) is 4.87. The van der Waals surface area contributed by atoms with Gasteiger partial charge in [-0.2, -0.15) is 0 Å². The number of allylic oxidation sites excluding steroid dienone is 1. The summed E-state index contributed by atoms with van der Waals surface area (Å²) in [6.07, 6.45) is 3.36. The average molecular weight is 467 g/mol. The Balaban J connectivity index is 1.76. The van der Waals surface area contributed by atoms with Crippen LogP contribution in [0, 0.1) is 0 Å². The number of hydrogen-bond acceptors (Lipinski definition) is 4. The number of rotatable bonds is 9. The highest BCUT2D eigenvalue weighted by Crippen LogP contribution is 2.29. The molecule has 0 aliphatic heterocycles. The molecule has 0 fully saturated rings. The van der Waals surface area contributed by atoms with Gasteiger partial charge in [-0.3, -0.25) is 4.79 Å². The lowest BCUT2D eigenvalue weighted by Crippen LogP contribution is -2.01. The number of benzene rings is 3. The van der Waals surface area contributed by atoms with Gasteiger partial charge in [0.2, 0.25) is 0 Å². The maximum Gasteiger partial charge on any atom is 0.185 e. The molecule has 5 heteroatoms. The van der Waals surface area contributed by atoms with E-state index in [0.717, 1.165) is 21.3 Å². The van der Waals surface area contributed by atoms with E-state index in [1.54, 1.807) is 31.4 Å². The van der Waals surface area contributed by atoms with Gasteiger partial charge in [-0.25, -0.2) is 0 Å². The molecule has 0 heterocycles. The van der Waals surface area contributed by atoms with Crippen molar-refractivity contribution in [3.8, 4) is 17.2 Å². The van der Waals surface area contributed by atoms with E-state index in [2.05, 4.69) is 15.9 Å². The Bertz CT molecular complexity index is 1040. The number of ether oxygens (including phenoxy) is 3. The van der Waals surface area contributed by atoms with Crippen molar-refractivity contribution in [2.45, 2.75) is 13.5 Å². The lowest BCUT2D eigenvalue weighted by Gasteiger charge is -2.14. The molecular weight excluding hydrogens is 444 g/mol. The van der Waals surface area contributed by atoms with Crippen LogP contribution >= 0.6 is 15.9 Å². The Morgan fingerprint density at radius 1 is 0.933 bits per heavy atom. The first kappa shape index (κ1) is 21.7. The van der Waals surface area contributed by atoms with Crippen LogP contribution in [0.25, 0.3) is 6.08 Å². The second-order valence-corrected chi connectivity index (χ2v) is 7.36. The Hall–Kier alpha value is -3.05. The Morgan fingerprint density at radius 3 is 2.40 bits per heavy atom. The van der Waals surface area contributed by atoms with Crippen molar-refractivity contribution in [2.75, 3.05) is 13.7 Å². The molecule has 0 unspecified atom stereocenters. The molecule has 0 saturated heterocycles. The predicted molar refractivity (Wildman–Crippen MR) is 122 cm³/mol. The van der Waals surface area contributed by atoms with E-state index in [0.29, 0.717) is 30.3 Å². The van der Waals surface area contributed by atoms with Crippen LogP contribution in [-0.4, -0.2) is 19.5 Å². The van der Waals surface area contributed by atoms with Gasteiger partial charge in [0.15, 0.2) is 17.3 Å². The third-order valence-electron chi connectivity index (χ3n) is 4.37. The zero-order valence-corrected chi connectivity index (χ0v) is 18.5. The number of carbonyl (C=O) groups is 1. The number of hydrogen-bond donors (Lipinski definition) is 0. The standard InChI is InChI=1S/C25H23BrO4/c1-3-29-24-9-4-5-10-25(24)30-17-20-15-18(12-14-23(20)28-2)11-13-22(27)19-7-6-8-21(26)16-19/h4-16H,3,17H2,1-2H3/b13-11+. The van der Waals surface area contributed by atoms with Gasteiger partial charge in [0, 0.05) is 15.6 Å². The van der Waals surface area contributed by atoms with Crippen molar-refractivity contribution in [3.05, 3.63) is 94.0 Å². The van der Waals surface area contributed by atoms with E-state index in [-0.39, 0.29) is 5.78 Å². The molecule has 3 aromatic rings. The van der Waals surface area contributed by atoms with Gasteiger partial charge in [-0.1, -0.05) is 52.3 Å². The molecule has 30 heavy (non-hydrogen) atoms. The highest BCUT2D eigenvalue weighted by atomic mass is 79.9. The molecule has 0 aromatic heterocycles. The monoisotopic (exact) mass is 466 g/mol. The number of para-hydroxylation sites is 2. The first-order valence-corrected chi connectivity index (χ1v) is 10.4. The quantitative estimate of drug-likeness (QED) is 0.273. The largest absolute Gasteiger partial charge is 0.496 e. The number of halogens is 1. The van der Waals surface area contributed by atoms with Crippen LogP contribution in [0.3, 0.4) is 0 Å². The van der Waals surface area contributed by atoms with Crippen LogP contribution in [0.4, 0.5) is 0 Å². The first-order chi connectivity index (χ1) is 14.6. The first-order valence-electron chi connectivity index (χ1n) is 9.60. The molecule has 3 aromatic carbocycles. The predicted octanol–water partition coefficient (Wildman–Crippen LogP) is 6.33. The fourth-order valence-electron chi connectivity index (χ4n) is 2.92. The Labute approximate surface area is 185 Å². The zero-order chi connectivity index (χ0) is 21.3. The van der Waals surface area contributed by atoms with Gasteiger partial charge in [-0.05, 0) is 55.0 Å². The molecule has 154 valence electrons. The highest BCUT2D eigenvalue weighted by molar-refractivity contribution is 9.10. The summed E-state index contributed by atoms with van der Waals surface area (Å²) >= 11 is 3.39.